The van der Waals surface area contributed by atoms with Crippen LogP contribution < -0.4 is 5.32 Å². The third-order valence-electron chi connectivity index (χ3n) is 4.21. The van der Waals surface area contributed by atoms with Crippen molar-refractivity contribution in [1.29, 1.82) is 0 Å². The maximum Gasteiger partial charge on any atom is 0.000804 e. The molecule has 78 valence electrons. The van der Waals surface area contributed by atoms with Gasteiger partial charge in [0.25, 0.3) is 0 Å². The first kappa shape index (κ1) is 11.0. The van der Waals surface area contributed by atoms with Gasteiger partial charge in [0.15, 0.2) is 0 Å². The van der Waals surface area contributed by atoms with E-state index in [9.17, 15) is 0 Å². The molecule has 1 aliphatic rings. The van der Waals surface area contributed by atoms with Gasteiger partial charge < -0.3 is 5.32 Å². The summed E-state index contributed by atoms with van der Waals surface area (Å²) in [5.74, 6) is 0. The van der Waals surface area contributed by atoms with Gasteiger partial charge in [0.1, 0.15) is 0 Å². The molecule has 0 aliphatic carbocycles. The third-order valence-corrected chi connectivity index (χ3v) is 4.21. The Bertz CT molecular complexity index is 161. The number of hydrogen-bond donors (Lipinski definition) is 1. The van der Waals surface area contributed by atoms with Crippen LogP contribution in [-0.4, -0.2) is 13.1 Å². The Kier molecular flexibility index (Phi) is 3.39. The van der Waals surface area contributed by atoms with Crippen molar-refractivity contribution in [2.75, 3.05) is 13.1 Å². The van der Waals surface area contributed by atoms with Gasteiger partial charge in [0.05, 0.1) is 0 Å². The topological polar surface area (TPSA) is 12.0 Å². The summed E-state index contributed by atoms with van der Waals surface area (Å²) in [4.78, 5) is 0. The molecule has 1 rings (SSSR count). The number of rotatable bonds is 3. The number of hydrogen-bond acceptors (Lipinski definition) is 1. The molecule has 0 radical (unpaired) electrons. The van der Waals surface area contributed by atoms with Crippen molar-refractivity contribution in [3.8, 4) is 0 Å². The van der Waals surface area contributed by atoms with Gasteiger partial charge in [0, 0.05) is 13.1 Å². The molecule has 1 N–H and O–H groups in total. The molecular formula is C12H25N. The van der Waals surface area contributed by atoms with Gasteiger partial charge >= 0.3 is 0 Å². The standard InChI is InChI=1S/C12H25N/c1-5-11(4)8-12(6-2,7-3)10-13-9-11/h13H,5-10H2,1-4H3. The van der Waals surface area contributed by atoms with Crippen LogP contribution in [0.25, 0.3) is 0 Å². The van der Waals surface area contributed by atoms with E-state index in [1.54, 1.807) is 0 Å². The van der Waals surface area contributed by atoms with Crippen molar-refractivity contribution in [2.24, 2.45) is 10.8 Å². The van der Waals surface area contributed by atoms with Crippen molar-refractivity contribution in [3.05, 3.63) is 0 Å². The molecule has 0 aromatic rings. The Morgan fingerprint density at radius 1 is 1.00 bits per heavy atom. The summed E-state index contributed by atoms with van der Waals surface area (Å²) in [5.41, 5.74) is 1.13. The van der Waals surface area contributed by atoms with E-state index in [4.69, 9.17) is 0 Å². The van der Waals surface area contributed by atoms with Crippen molar-refractivity contribution in [2.45, 2.75) is 53.4 Å². The summed E-state index contributed by atoms with van der Waals surface area (Å²) in [5, 5.41) is 3.62. The van der Waals surface area contributed by atoms with E-state index in [1.165, 1.54) is 38.8 Å². The number of piperidine rings is 1. The Morgan fingerprint density at radius 2 is 1.62 bits per heavy atom. The van der Waals surface area contributed by atoms with Gasteiger partial charge in [-0.3, -0.25) is 0 Å². The van der Waals surface area contributed by atoms with E-state index in [0.29, 0.717) is 10.8 Å². The molecule has 1 aliphatic heterocycles. The predicted octanol–water partition coefficient (Wildman–Crippen LogP) is 3.20. The Labute approximate surface area is 83.3 Å². The molecule has 0 spiro atoms. The second-order valence-electron chi connectivity index (χ2n) is 5.15. The average molecular weight is 183 g/mol. The molecule has 0 amide bonds. The molecule has 1 saturated heterocycles. The van der Waals surface area contributed by atoms with Crippen LogP contribution in [0, 0.1) is 10.8 Å². The zero-order valence-electron chi connectivity index (χ0n) is 9.74. The lowest BCUT2D eigenvalue weighted by Crippen LogP contribution is -2.48. The Hall–Kier alpha value is -0.0400. The summed E-state index contributed by atoms with van der Waals surface area (Å²) < 4.78 is 0. The number of nitrogens with one attached hydrogen (secondary N) is 1. The van der Waals surface area contributed by atoms with Gasteiger partial charge in [-0.1, -0.05) is 27.7 Å². The fourth-order valence-corrected chi connectivity index (χ4v) is 2.66. The first-order valence-electron chi connectivity index (χ1n) is 5.80. The molecule has 0 bridgehead atoms. The normalized spacial score (nSPS) is 33.2. The average Bonchev–Trinajstić information content (AvgIpc) is 2.18. The van der Waals surface area contributed by atoms with E-state index in [1.807, 2.05) is 0 Å². The van der Waals surface area contributed by atoms with Gasteiger partial charge in [0.2, 0.25) is 0 Å². The fraction of sp³-hybridized carbons (Fsp3) is 1.00. The molecule has 0 aromatic heterocycles. The van der Waals surface area contributed by atoms with E-state index < -0.39 is 0 Å². The zero-order valence-corrected chi connectivity index (χ0v) is 9.74. The summed E-state index contributed by atoms with van der Waals surface area (Å²) in [6.45, 7) is 11.9. The highest BCUT2D eigenvalue weighted by Gasteiger charge is 2.38. The third kappa shape index (κ3) is 2.25. The highest BCUT2D eigenvalue weighted by Crippen LogP contribution is 2.43. The van der Waals surface area contributed by atoms with Gasteiger partial charge in [-0.25, -0.2) is 0 Å². The minimum absolute atomic E-state index is 0.546. The quantitative estimate of drug-likeness (QED) is 0.708. The second-order valence-corrected chi connectivity index (χ2v) is 5.15. The van der Waals surface area contributed by atoms with Crippen molar-refractivity contribution in [1.82, 2.24) is 5.32 Å². The lowest BCUT2D eigenvalue weighted by molar-refractivity contribution is 0.0777. The minimum Gasteiger partial charge on any atom is -0.316 e. The lowest BCUT2D eigenvalue weighted by atomic mass is 9.65. The van der Waals surface area contributed by atoms with Gasteiger partial charge in [-0.15, -0.1) is 0 Å². The summed E-state index contributed by atoms with van der Waals surface area (Å²) >= 11 is 0. The Balaban J connectivity index is 2.69. The molecule has 1 heterocycles. The molecule has 1 nitrogen and oxygen atoms in total. The first-order chi connectivity index (χ1) is 6.10. The van der Waals surface area contributed by atoms with Crippen LogP contribution in [0.5, 0.6) is 0 Å². The first-order valence-corrected chi connectivity index (χ1v) is 5.80. The van der Waals surface area contributed by atoms with Crippen LogP contribution in [0.1, 0.15) is 53.4 Å². The minimum atomic E-state index is 0.546. The largest absolute Gasteiger partial charge is 0.316 e. The maximum absolute atomic E-state index is 3.62. The maximum atomic E-state index is 3.62. The monoisotopic (exact) mass is 183 g/mol. The molecule has 1 atom stereocenters. The molecule has 1 fully saturated rings. The highest BCUT2D eigenvalue weighted by molar-refractivity contribution is 4.92. The van der Waals surface area contributed by atoms with Crippen LogP contribution in [-0.2, 0) is 0 Å². The van der Waals surface area contributed by atoms with Crippen molar-refractivity contribution < 1.29 is 0 Å². The summed E-state index contributed by atoms with van der Waals surface area (Å²) in [6.07, 6.45) is 5.37. The van der Waals surface area contributed by atoms with Crippen LogP contribution in [0.2, 0.25) is 0 Å². The summed E-state index contributed by atoms with van der Waals surface area (Å²) in [7, 11) is 0. The second kappa shape index (κ2) is 4.00. The van der Waals surface area contributed by atoms with E-state index in [-0.39, 0.29) is 0 Å². The van der Waals surface area contributed by atoms with E-state index in [2.05, 4.69) is 33.0 Å². The van der Waals surface area contributed by atoms with Crippen LogP contribution in [0.15, 0.2) is 0 Å². The van der Waals surface area contributed by atoms with Crippen LogP contribution >= 0.6 is 0 Å². The van der Waals surface area contributed by atoms with Crippen LogP contribution in [0.4, 0.5) is 0 Å². The molecule has 1 heteroatoms. The molecule has 0 saturated carbocycles. The van der Waals surface area contributed by atoms with Gasteiger partial charge in [-0.05, 0) is 36.5 Å². The van der Waals surface area contributed by atoms with Crippen LogP contribution in [0.3, 0.4) is 0 Å². The predicted molar refractivity (Wildman–Crippen MR) is 58.9 cm³/mol. The molecule has 0 aromatic carbocycles. The highest BCUT2D eigenvalue weighted by atomic mass is 14.9. The van der Waals surface area contributed by atoms with Gasteiger partial charge in [-0.2, -0.15) is 0 Å². The Morgan fingerprint density at radius 3 is 2.08 bits per heavy atom. The summed E-state index contributed by atoms with van der Waals surface area (Å²) in [6, 6.07) is 0. The SMILES string of the molecule is CCC1(C)CNCC(CC)(CC)C1. The van der Waals surface area contributed by atoms with Crippen molar-refractivity contribution in [3.63, 3.8) is 0 Å². The molecule has 13 heavy (non-hydrogen) atoms. The lowest BCUT2D eigenvalue weighted by Gasteiger charge is -2.46. The van der Waals surface area contributed by atoms with Crippen molar-refractivity contribution >= 4 is 0 Å². The van der Waals surface area contributed by atoms with E-state index in [0.717, 1.165) is 0 Å². The zero-order chi connectivity index (χ0) is 9.95. The molecule has 1 unspecified atom stereocenters. The molecular weight excluding hydrogens is 158 g/mol. The fourth-order valence-electron chi connectivity index (χ4n) is 2.66. The van der Waals surface area contributed by atoms with E-state index >= 15 is 0 Å². The smallest absolute Gasteiger partial charge is 0.000804 e.